The minimum absolute atomic E-state index is 0.0527. The molecule has 0 saturated heterocycles. The Hall–Kier alpha value is -2.17. The van der Waals surface area contributed by atoms with Crippen molar-refractivity contribution in [1.29, 1.82) is 0 Å². The molecule has 0 atom stereocenters. The zero-order valence-corrected chi connectivity index (χ0v) is 23.7. The molecule has 0 heterocycles. The van der Waals surface area contributed by atoms with Crippen LogP contribution in [0, 0.1) is 0 Å². The Bertz CT molecular complexity index is 865. The molecule has 1 N–H and O–H groups in total. The summed E-state index contributed by atoms with van der Waals surface area (Å²) in [6.45, 7) is 4.42. The number of unbranched alkanes of at least 4 members (excludes halogenated alkanes) is 1. The molecule has 0 fully saturated rings. The normalized spacial score (nSPS) is 11.5. The van der Waals surface area contributed by atoms with Crippen LogP contribution in [0.2, 0.25) is 0 Å². The Kier molecular flexibility index (Phi) is 22.1. The van der Waals surface area contributed by atoms with Gasteiger partial charge in [-0.15, -0.1) is 0 Å². The molecule has 13 nitrogen and oxygen atoms in total. The SMILES string of the molecule is O=C(O)CCCCC(=O)OCCOCCOCCOCCOCCOCCOCCOS(=O)(=O)c1ccccc1. The predicted octanol–water partition coefficient (Wildman–Crippen LogP) is 1.68. The number of hydrogen-bond donors (Lipinski definition) is 1. The molecule has 14 heteroatoms. The minimum atomic E-state index is -3.76. The van der Waals surface area contributed by atoms with E-state index in [1.807, 2.05) is 0 Å². The Morgan fingerprint density at radius 3 is 1.43 bits per heavy atom. The highest BCUT2D eigenvalue weighted by molar-refractivity contribution is 7.86. The molecular weight excluding hydrogens is 552 g/mol. The largest absolute Gasteiger partial charge is 0.481 e. The van der Waals surface area contributed by atoms with Crippen molar-refractivity contribution in [3.63, 3.8) is 0 Å². The molecule has 0 bridgehead atoms. The van der Waals surface area contributed by atoms with Gasteiger partial charge in [-0.1, -0.05) is 18.2 Å². The van der Waals surface area contributed by atoms with Crippen LogP contribution in [0.3, 0.4) is 0 Å². The number of esters is 1. The summed E-state index contributed by atoms with van der Waals surface area (Å²) in [7, 11) is -3.76. The Labute approximate surface area is 236 Å². The molecule has 0 aliphatic rings. The lowest BCUT2D eigenvalue weighted by Crippen LogP contribution is -2.15. The van der Waals surface area contributed by atoms with Crippen molar-refractivity contribution < 1.29 is 60.5 Å². The highest BCUT2D eigenvalue weighted by Gasteiger charge is 2.13. The number of carboxylic acid groups (broad SMARTS) is 1. The molecule has 230 valence electrons. The first-order chi connectivity index (χ1) is 19.4. The fourth-order valence-corrected chi connectivity index (χ4v) is 3.81. The van der Waals surface area contributed by atoms with Crippen LogP contribution in [0.25, 0.3) is 0 Å². The summed E-state index contributed by atoms with van der Waals surface area (Å²) in [6, 6.07) is 7.93. The average Bonchev–Trinajstić information content (AvgIpc) is 2.94. The Morgan fingerprint density at radius 2 is 0.975 bits per heavy atom. The third-order valence-electron chi connectivity index (χ3n) is 4.87. The van der Waals surface area contributed by atoms with Crippen LogP contribution < -0.4 is 0 Å². The van der Waals surface area contributed by atoms with Gasteiger partial charge in [0.25, 0.3) is 10.1 Å². The molecule has 1 aromatic carbocycles. The summed E-state index contributed by atoms with van der Waals surface area (Å²) in [5, 5.41) is 8.53. The zero-order valence-electron chi connectivity index (χ0n) is 22.9. The van der Waals surface area contributed by atoms with Gasteiger partial charge >= 0.3 is 11.9 Å². The second-order valence-corrected chi connectivity index (χ2v) is 9.70. The molecule has 0 aliphatic carbocycles. The fourth-order valence-electron chi connectivity index (χ4n) is 2.89. The van der Waals surface area contributed by atoms with Gasteiger partial charge in [-0.2, -0.15) is 8.42 Å². The first-order valence-electron chi connectivity index (χ1n) is 13.2. The monoisotopic (exact) mass is 594 g/mol. The van der Waals surface area contributed by atoms with E-state index in [1.165, 1.54) is 12.1 Å². The second kappa shape index (κ2) is 24.6. The van der Waals surface area contributed by atoms with Crippen LogP contribution in [0.15, 0.2) is 35.2 Å². The molecular formula is C26H42O13S. The number of rotatable bonds is 28. The van der Waals surface area contributed by atoms with Crippen molar-refractivity contribution in [3.05, 3.63) is 30.3 Å². The van der Waals surface area contributed by atoms with Gasteiger partial charge in [-0.05, 0) is 25.0 Å². The van der Waals surface area contributed by atoms with E-state index in [4.69, 9.17) is 42.4 Å². The lowest BCUT2D eigenvalue weighted by Gasteiger charge is -2.09. The van der Waals surface area contributed by atoms with E-state index in [9.17, 15) is 18.0 Å². The van der Waals surface area contributed by atoms with Crippen molar-refractivity contribution in [2.24, 2.45) is 0 Å². The maximum atomic E-state index is 11.9. The molecule has 0 amide bonds. The third-order valence-corrected chi connectivity index (χ3v) is 6.20. The highest BCUT2D eigenvalue weighted by Crippen LogP contribution is 2.10. The van der Waals surface area contributed by atoms with E-state index < -0.39 is 16.1 Å². The van der Waals surface area contributed by atoms with Crippen molar-refractivity contribution >= 4 is 22.1 Å². The van der Waals surface area contributed by atoms with Gasteiger partial charge in [0.1, 0.15) is 6.61 Å². The summed E-state index contributed by atoms with van der Waals surface area (Å²) in [5.41, 5.74) is 0. The minimum Gasteiger partial charge on any atom is -0.481 e. The van der Waals surface area contributed by atoms with E-state index >= 15 is 0 Å². The molecule has 0 aliphatic heterocycles. The lowest BCUT2D eigenvalue weighted by atomic mass is 10.2. The van der Waals surface area contributed by atoms with Gasteiger partial charge in [-0.25, -0.2) is 0 Å². The number of aliphatic carboxylic acids is 1. The van der Waals surface area contributed by atoms with Gasteiger partial charge in [-0.3, -0.25) is 13.8 Å². The van der Waals surface area contributed by atoms with Gasteiger partial charge in [0, 0.05) is 12.8 Å². The fraction of sp³-hybridized carbons (Fsp3) is 0.692. The van der Waals surface area contributed by atoms with Crippen molar-refractivity contribution in [2.45, 2.75) is 30.6 Å². The Balaban J connectivity index is 1.73. The summed E-state index contributed by atoms with van der Waals surface area (Å²) < 4.78 is 65.9. The van der Waals surface area contributed by atoms with Crippen LogP contribution in [0.5, 0.6) is 0 Å². The maximum absolute atomic E-state index is 11.9. The standard InChI is InChI=1S/C26H42O13S/c27-25(28)8-4-5-9-26(29)38-22-20-36-18-16-34-14-12-32-10-11-33-13-15-35-17-19-37-21-23-39-40(30,31)24-6-2-1-3-7-24/h1-3,6-7H,4-5,8-23H2,(H,27,28). The molecule has 40 heavy (non-hydrogen) atoms. The van der Waals surface area contributed by atoms with Gasteiger partial charge in [0.15, 0.2) is 0 Å². The first kappa shape index (κ1) is 35.9. The molecule has 1 rings (SSSR count). The quantitative estimate of drug-likeness (QED) is 0.0848. The summed E-state index contributed by atoms with van der Waals surface area (Å²) >= 11 is 0. The van der Waals surface area contributed by atoms with Crippen LogP contribution in [0.4, 0.5) is 0 Å². The molecule has 0 spiro atoms. The van der Waals surface area contributed by atoms with E-state index in [0.717, 1.165) is 0 Å². The molecule has 1 aromatic rings. The molecule has 0 saturated carbocycles. The number of benzene rings is 1. The van der Waals surface area contributed by atoms with Crippen molar-refractivity contribution in [1.82, 2.24) is 0 Å². The summed E-state index contributed by atoms with van der Waals surface area (Å²) in [6.07, 6.45) is 1.20. The van der Waals surface area contributed by atoms with E-state index in [2.05, 4.69) is 0 Å². The lowest BCUT2D eigenvalue weighted by molar-refractivity contribution is -0.146. The van der Waals surface area contributed by atoms with E-state index in [1.54, 1.807) is 18.2 Å². The van der Waals surface area contributed by atoms with Crippen molar-refractivity contribution in [2.75, 3.05) is 92.5 Å². The maximum Gasteiger partial charge on any atom is 0.305 e. The van der Waals surface area contributed by atoms with Crippen LogP contribution in [-0.2, 0) is 57.0 Å². The van der Waals surface area contributed by atoms with Crippen molar-refractivity contribution in [3.8, 4) is 0 Å². The summed E-state index contributed by atoms with van der Waals surface area (Å²) in [5.74, 6) is -1.23. The number of carbonyl (C=O) groups excluding carboxylic acids is 1. The van der Waals surface area contributed by atoms with Gasteiger partial charge < -0.3 is 38.3 Å². The highest BCUT2D eigenvalue weighted by atomic mass is 32.2. The average molecular weight is 595 g/mol. The summed E-state index contributed by atoms with van der Waals surface area (Å²) in [4.78, 5) is 21.9. The van der Waals surface area contributed by atoms with Crippen LogP contribution in [-0.4, -0.2) is 118 Å². The Morgan fingerprint density at radius 1 is 0.575 bits per heavy atom. The topological polar surface area (TPSA) is 162 Å². The zero-order chi connectivity index (χ0) is 29.2. The first-order valence-corrected chi connectivity index (χ1v) is 14.6. The van der Waals surface area contributed by atoms with Crippen LogP contribution >= 0.6 is 0 Å². The smallest absolute Gasteiger partial charge is 0.305 e. The van der Waals surface area contributed by atoms with Gasteiger partial charge in [0.05, 0.1) is 90.8 Å². The van der Waals surface area contributed by atoms with E-state index in [0.29, 0.717) is 78.9 Å². The number of ether oxygens (including phenoxy) is 7. The second-order valence-electron chi connectivity index (χ2n) is 8.08. The molecule has 0 radical (unpaired) electrons. The van der Waals surface area contributed by atoms with E-state index in [-0.39, 0.29) is 50.1 Å². The molecule has 0 unspecified atom stereocenters. The van der Waals surface area contributed by atoms with Crippen LogP contribution in [0.1, 0.15) is 25.7 Å². The third kappa shape index (κ3) is 21.6. The number of carbonyl (C=O) groups is 2. The predicted molar refractivity (Wildman–Crippen MR) is 142 cm³/mol. The molecule has 0 aromatic heterocycles. The van der Waals surface area contributed by atoms with Gasteiger partial charge in [0.2, 0.25) is 0 Å². The number of hydrogen-bond acceptors (Lipinski definition) is 12. The number of carboxylic acids is 1.